The van der Waals surface area contributed by atoms with Crippen LogP contribution in [0.4, 0.5) is 0 Å². The smallest absolute Gasteiger partial charge is 0.137 e. The molecule has 3 aliphatic carbocycles. The van der Waals surface area contributed by atoms with Gasteiger partial charge in [0.15, 0.2) is 0 Å². The number of fused-ring (bicyclic) bond motifs is 1. The quantitative estimate of drug-likeness (QED) is 0.793. The molecule has 1 saturated heterocycles. The number of rotatable bonds is 5. The molecule has 0 spiro atoms. The van der Waals surface area contributed by atoms with Gasteiger partial charge in [0.2, 0.25) is 0 Å². The predicted octanol–water partition coefficient (Wildman–Crippen LogP) is 3.82. The van der Waals surface area contributed by atoms with Gasteiger partial charge in [0, 0.05) is 30.3 Å². The molecule has 0 radical (unpaired) electrons. The number of hydrogen-bond donors (Lipinski definition) is 2. The minimum absolute atomic E-state index is 0.0368. The zero-order valence-corrected chi connectivity index (χ0v) is 17.9. The third-order valence-corrected chi connectivity index (χ3v) is 8.73. The fourth-order valence-electron chi connectivity index (χ4n) is 6.71. The molecule has 5 atom stereocenters. The number of nitrogens with zero attached hydrogens (tertiary/aromatic N) is 1. The van der Waals surface area contributed by atoms with Crippen LogP contribution in [-0.2, 0) is 16.6 Å². The molecule has 0 amide bonds. The fraction of sp³-hybridized carbons (Fsp3) is 0.720. The molecule has 1 aliphatic heterocycles. The van der Waals surface area contributed by atoms with Crippen LogP contribution in [0.15, 0.2) is 18.2 Å². The van der Waals surface area contributed by atoms with Gasteiger partial charge in [0.1, 0.15) is 11.5 Å². The number of carbonyl (C=O) groups excluding carboxylic acids is 1. The molecule has 0 aromatic heterocycles. The lowest BCUT2D eigenvalue weighted by Gasteiger charge is -2.64. The average molecular weight is 398 g/mol. The summed E-state index contributed by atoms with van der Waals surface area (Å²) in [7, 11) is 0. The first-order valence-corrected chi connectivity index (χ1v) is 11.7. The van der Waals surface area contributed by atoms with Crippen molar-refractivity contribution < 1.29 is 15.0 Å². The number of hydrogen-bond acceptors (Lipinski definition) is 4. The zero-order chi connectivity index (χ0) is 20.4. The molecule has 1 aromatic rings. The van der Waals surface area contributed by atoms with E-state index >= 15 is 0 Å². The largest absolute Gasteiger partial charge is 0.508 e. The first-order valence-electron chi connectivity index (χ1n) is 11.7. The molecule has 1 heterocycles. The molecule has 29 heavy (non-hydrogen) atoms. The molecule has 4 aliphatic rings. The van der Waals surface area contributed by atoms with Crippen LogP contribution in [0, 0.1) is 17.8 Å². The second-order valence-electron chi connectivity index (χ2n) is 10.5. The highest BCUT2D eigenvalue weighted by atomic mass is 16.3. The monoisotopic (exact) mass is 397 g/mol. The normalized spacial score (nSPS) is 37.7. The molecule has 2 bridgehead atoms. The van der Waals surface area contributed by atoms with E-state index in [1.165, 1.54) is 18.4 Å². The molecular formula is C25H35NO3. The first-order chi connectivity index (χ1) is 13.9. The summed E-state index contributed by atoms with van der Waals surface area (Å²) in [5, 5.41) is 22.6. The Hall–Kier alpha value is -1.39. The van der Waals surface area contributed by atoms with E-state index in [1.54, 1.807) is 6.07 Å². The molecule has 5 unspecified atom stereocenters. The summed E-state index contributed by atoms with van der Waals surface area (Å²) in [5.41, 5.74) is 0.837. The summed E-state index contributed by atoms with van der Waals surface area (Å²) in [6.07, 6.45) is 7.22. The van der Waals surface area contributed by atoms with Crippen molar-refractivity contribution in [3.05, 3.63) is 29.3 Å². The van der Waals surface area contributed by atoms with Crippen molar-refractivity contribution in [1.29, 1.82) is 0 Å². The van der Waals surface area contributed by atoms with Gasteiger partial charge in [-0.1, -0.05) is 26.3 Å². The Morgan fingerprint density at radius 1 is 1.31 bits per heavy atom. The third kappa shape index (κ3) is 2.97. The van der Waals surface area contributed by atoms with Crippen LogP contribution >= 0.6 is 0 Å². The van der Waals surface area contributed by atoms with E-state index < -0.39 is 11.0 Å². The van der Waals surface area contributed by atoms with E-state index in [0.29, 0.717) is 24.5 Å². The van der Waals surface area contributed by atoms with Crippen LogP contribution in [0.2, 0.25) is 0 Å². The van der Waals surface area contributed by atoms with E-state index in [4.69, 9.17) is 0 Å². The summed E-state index contributed by atoms with van der Waals surface area (Å²) < 4.78 is 0. The second-order valence-corrected chi connectivity index (χ2v) is 10.5. The van der Waals surface area contributed by atoms with Crippen molar-refractivity contribution in [3.8, 4) is 5.75 Å². The van der Waals surface area contributed by atoms with Crippen LogP contribution < -0.4 is 0 Å². The van der Waals surface area contributed by atoms with Gasteiger partial charge in [-0.2, -0.15) is 0 Å². The first kappa shape index (κ1) is 19.6. The van der Waals surface area contributed by atoms with Crippen LogP contribution in [-0.4, -0.2) is 45.6 Å². The predicted molar refractivity (Wildman–Crippen MR) is 113 cm³/mol. The van der Waals surface area contributed by atoms with Gasteiger partial charge in [-0.15, -0.1) is 0 Å². The molecule has 1 aromatic carbocycles. The summed E-state index contributed by atoms with van der Waals surface area (Å²) in [5.74, 6) is 1.82. The Labute approximate surface area is 174 Å². The topological polar surface area (TPSA) is 60.8 Å². The molecular weight excluding hydrogens is 362 g/mol. The SMILES string of the molecule is CCC(C)CC1CC2(O)C3Cc4ccc(O)cc4C2(CCN3CC2CC2)CC1=O. The Morgan fingerprint density at radius 3 is 2.83 bits per heavy atom. The Balaban J connectivity index is 1.58. The highest BCUT2D eigenvalue weighted by Crippen LogP contribution is 2.59. The van der Waals surface area contributed by atoms with Crippen LogP contribution in [0.5, 0.6) is 5.75 Å². The van der Waals surface area contributed by atoms with Gasteiger partial charge in [-0.25, -0.2) is 0 Å². The highest BCUT2D eigenvalue weighted by molar-refractivity contribution is 5.85. The van der Waals surface area contributed by atoms with Gasteiger partial charge >= 0.3 is 0 Å². The summed E-state index contributed by atoms with van der Waals surface area (Å²) in [6, 6.07) is 5.71. The number of aromatic hydroxyl groups is 1. The van der Waals surface area contributed by atoms with Crippen molar-refractivity contribution in [1.82, 2.24) is 4.90 Å². The molecule has 4 heteroatoms. The number of Topliss-reactive ketones (excluding diaryl/α,β-unsaturated/α-hetero) is 1. The maximum Gasteiger partial charge on any atom is 0.137 e. The lowest BCUT2D eigenvalue weighted by Crippen LogP contribution is -2.74. The third-order valence-electron chi connectivity index (χ3n) is 8.73. The number of carbonyl (C=O) groups is 1. The molecule has 2 saturated carbocycles. The number of likely N-dealkylation sites (tertiary alicyclic amines) is 1. The van der Waals surface area contributed by atoms with Crippen molar-refractivity contribution in [2.45, 2.75) is 82.3 Å². The number of phenols is 1. The van der Waals surface area contributed by atoms with E-state index in [0.717, 1.165) is 50.3 Å². The number of aliphatic hydroxyl groups is 1. The molecule has 3 fully saturated rings. The van der Waals surface area contributed by atoms with Gasteiger partial charge in [0.25, 0.3) is 0 Å². The molecule has 158 valence electrons. The summed E-state index contributed by atoms with van der Waals surface area (Å²) in [4.78, 5) is 15.9. The number of ketones is 1. The van der Waals surface area contributed by atoms with Gasteiger partial charge < -0.3 is 10.2 Å². The Kier molecular flexibility index (Phi) is 4.60. The van der Waals surface area contributed by atoms with Gasteiger partial charge in [0.05, 0.1) is 5.60 Å². The lowest BCUT2D eigenvalue weighted by atomic mass is 9.47. The maximum absolute atomic E-state index is 13.3. The number of piperidine rings is 1. The van der Waals surface area contributed by atoms with Gasteiger partial charge in [-0.05, 0) is 80.2 Å². The van der Waals surface area contributed by atoms with E-state index in [1.807, 2.05) is 12.1 Å². The molecule has 2 N–H and O–H groups in total. The Morgan fingerprint density at radius 2 is 2.10 bits per heavy atom. The fourth-order valence-corrected chi connectivity index (χ4v) is 6.71. The van der Waals surface area contributed by atoms with E-state index in [2.05, 4.69) is 18.7 Å². The lowest BCUT2D eigenvalue weighted by molar-refractivity contribution is -0.183. The van der Waals surface area contributed by atoms with Gasteiger partial charge in [-0.3, -0.25) is 9.69 Å². The van der Waals surface area contributed by atoms with Crippen molar-refractivity contribution in [2.24, 2.45) is 17.8 Å². The van der Waals surface area contributed by atoms with Crippen LogP contribution in [0.3, 0.4) is 0 Å². The Bertz CT molecular complexity index is 818. The minimum Gasteiger partial charge on any atom is -0.508 e. The summed E-state index contributed by atoms with van der Waals surface area (Å²) in [6.45, 7) is 6.43. The number of phenolic OH excluding ortho intramolecular Hbond substituents is 1. The maximum atomic E-state index is 13.3. The van der Waals surface area contributed by atoms with Crippen molar-refractivity contribution in [3.63, 3.8) is 0 Å². The van der Waals surface area contributed by atoms with Crippen LogP contribution in [0.25, 0.3) is 0 Å². The minimum atomic E-state index is -0.882. The highest BCUT2D eigenvalue weighted by Gasteiger charge is 2.66. The van der Waals surface area contributed by atoms with E-state index in [9.17, 15) is 15.0 Å². The average Bonchev–Trinajstić information content (AvgIpc) is 3.50. The second kappa shape index (κ2) is 6.81. The van der Waals surface area contributed by atoms with E-state index in [-0.39, 0.29) is 17.7 Å². The molecule has 4 nitrogen and oxygen atoms in total. The summed E-state index contributed by atoms with van der Waals surface area (Å²) >= 11 is 0. The standard InChI is InChI=1S/C25H35NO3/c1-3-16(2)10-19-13-25(29)23-11-18-6-7-20(27)12-21(18)24(25,14-22(19)28)8-9-26(23)15-17-4-5-17/h6-7,12,16-17,19,23,27,29H,3-5,8-11,13-15H2,1-2H3. The molecule has 5 rings (SSSR count). The van der Waals surface area contributed by atoms with Crippen molar-refractivity contribution in [2.75, 3.05) is 13.1 Å². The zero-order valence-electron chi connectivity index (χ0n) is 17.9. The van der Waals surface area contributed by atoms with Crippen LogP contribution in [0.1, 0.15) is 69.9 Å². The van der Waals surface area contributed by atoms with Crippen molar-refractivity contribution >= 4 is 5.78 Å². The number of benzene rings is 1.